The van der Waals surface area contributed by atoms with E-state index in [4.69, 9.17) is 0 Å². The number of carbonyl (C=O) groups is 2. The zero-order valence-corrected chi connectivity index (χ0v) is 21.6. The summed E-state index contributed by atoms with van der Waals surface area (Å²) in [5, 5.41) is 13.2. The van der Waals surface area contributed by atoms with Gasteiger partial charge in [-0.2, -0.15) is 0 Å². The van der Waals surface area contributed by atoms with Crippen LogP contribution in [0.3, 0.4) is 0 Å². The molecule has 1 aromatic carbocycles. The summed E-state index contributed by atoms with van der Waals surface area (Å²) < 4.78 is 27.3. The van der Waals surface area contributed by atoms with Crippen molar-refractivity contribution in [2.75, 3.05) is 38.0 Å². The molecule has 6 rings (SSSR count). The smallest absolute Gasteiger partial charge is 0.407 e. The number of nitrogens with one attached hydrogen (secondary N) is 1. The van der Waals surface area contributed by atoms with E-state index < -0.39 is 12.0 Å². The Morgan fingerprint density at radius 1 is 1.05 bits per heavy atom. The molecule has 10 heteroatoms. The predicted molar refractivity (Wildman–Crippen MR) is 139 cm³/mol. The van der Waals surface area contributed by atoms with E-state index in [9.17, 15) is 23.5 Å². The van der Waals surface area contributed by atoms with Gasteiger partial charge >= 0.3 is 12.1 Å². The van der Waals surface area contributed by atoms with Crippen LogP contribution in [-0.4, -0.2) is 75.6 Å². The van der Waals surface area contributed by atoms with Crippen LogP contribution in [-0.2, 0) is 13.0 Å². The van der Waals surface area contributed by atoms with E-state index in [0.29, 0.717) is 32.0 Å². The highest BCUT2D eigenvalue weighted by Crippen LogP contribution is 2.41. The van der Waals surface area contributed by atoms with Crippen LogP contribution in [0, 0.1) is 0 Å². The number of likely N-dealkylation sites (tertiary alicyclic amines) is 2. The molecule has 0 bridgehead atoms. The number of halogens is 2. The van der Waals surface area contributed by atoms with Gasteiger partial charge in [0.05, 0.1) is 6.04 Å². The third-order valence-electron chi connectivity index (χ3n) is 8.63. The lowest BCUT2D eigenvalue weighted by Gasteiger charge is -2.38. The number of hydrogen-bond acceptors (Lipinski definition) is 4. The summed E-state index contributed by atoms with van der Waals surface area (Å²) in [4.78, 5) is 34.8. The fourth-order valence-corrected chi connectivity index (χ4v) is 6.39. The number of alkyl halides is 2. The summed E-state index contributed by atoms with van der Waals surface area (Å²) in [6.07, 6.45) is 2.44. The van der Waals surface area contributed by atoms with Gasteiger partial charge in [-0.25, -0.2) is 23.4 Å². The number of fused-ring (bicyclic) bond motifs is 2. The number of carboxylic acid groups (broad SMARTS) is 1. The van der Waals surface area contributed by atoms with E-state index in [1.165, 1.54) is 15.4 Å². The van der Waals surface area contributed by atoms with Crippen LogP contribution in [0.2, 0.25) is 0 Å². The van der Waals surface area contributed by atoms with E-state index in [2.05, 4.69) is 35.4 Å². The molecule has 2 fully saturated rings. The van der Waals surface area contributed by atoms with Crippen LogP contribution in [0.1, 0.15) is 66.8 Å². The molecule has 0 radical (unpaired) electrons. The first-order valence-electron chi connectivity index (χ1n) is 13.5. The Morgan fingerprint density at radius 3 is 2.58 bits per heavy atom. The second kappa shape index (κ2) is 9.39. The number of amides is 3. The molecular weight excluding hydrogens is 492 g/mol. The van der Waals surface area contributed by atoms with E-state index in [-0.39, 0.29) is 38.0 Å². The van der Waals surface area contributed by atoms with Gasteiger partial charge in [0, 0.05) is 69.8 Å². The van der Waals surface area contributed by atoms with Crippen LogP contribution in [0.15, 0.2) is 24.4 Å². The van der Waals surface area contributed by atoms with E-state index in [0.717, 1.165) is 53.0 Å². The minimum atomic E-state index is -2.71. The third-order valence-corrected chi connectivity index (χ3v) is 8.63. The summed E-state index contributed by atoms with van der Waals surface area (Å²) >= 11 is 0. The van der Waals surface area contributed by atoms with E-state index >= 15 is 0 Å². The molecule has 2 aromatic rings. The molecule has 0 saturated carbocycles. The lowest BCUT2D eigenvalue weighted by Crippen LogP contribution is -2.50. The van der Waals surface area contributed by atoms with Gasteiger partial charge in [0.2, 0.25) is 0 Å². The molecule has 3 amide bonds. The number of rotatable bonds is 2. The van der Waals surface area contributed by atoms with Gasteiger partial charge in [0.25, 0.3) is 5.92 Å². The summed E-state index contributed by atoms with van der Waals surface area (Å²) in [5.41, 5.74) is 6.21. The quantitative estimate of drug-likeness (QED) is 0.555. The van der Waals surface area contributed by atoms with Gasteiger partial charge in [-0.1, -0.05) is 13.0 Å². The van der Waals surface area contributed by atoms with Crippen molar-refractivity contribution in [3.63, 3.8) is 0 Å². The number of hydrogen-bond donors (Lipinski definition) is 2. The molecule has 0 aliphatic carbocycles. The number of pyridine rings is 1. The molecular formula is C28H33F2N5O3. The van der Waals surface area contributed by atoms with Crippen LogP contribution < -0.4 is 5.32 Å². The maximum atomic E-state index is 13.7. The number of urea groups is 1. The molecule has 38 heavy (non-hydrogen) atoms. The van der Waals surface area contributed by atoms with Crippen LogP contribution >= 0.6 is 0 Å². The zero-order valence-electron chi connectivity index (χ0n) is 21.6. The molecule has 8 nitrogen and oxygen atoms in total. The number of carbonyl (C=O) groups excluding carboxylic acids is 1. The van der Waals surface area contributed by atoms with Crippen molar-refractivity contribution in [2.45, 2.75) is 63.5 Å². The Labute approximate surface area is 220 Å². The minimum absolute atomic E-state index is 0.0506. The lowest BCUT2D eigenvalue weighted by molar-refractivity contribution is -0.0493. The monoisotopic (exact) mass is 525 g/mol. The maximum Gasteiger partial charge on any atom is 0.407 e. The Morgan fingerprint density at radius 2 is 1.82 bits per heavy atom. The van der Waals surface area contributed by atoms with Crippen molar-refractivity contribution in [1.29, 1.82) is 0 Å². The van der Waals surface area contributed by atoms with Gasteiger partial charge in [0.15, 0.2) is 0 Å². The average Bonchev–Trinajstić information content (AvgIpc) is 3.54. The predicted octanol–water partition coefficient (Wildman–Crippen LogP) is 5.30. The molecule has 2 N–H and O–H groups in total. The topological polar surface area (TPSA) is 89.0 Å². The van der Waals surface area contributed by atoms with Crippen molar-refractivity contribution < 1.29 is 23.5 Å². The number of anilines is 1. The van der Waals surface area contributed by atoms with Crippen molar-refractivity contribution in [3.8, 4) is 11.1 Å². The highest BCUT2D eigenvalue weighted by atomic mass is 19.3. The highest BCUT2D eigenvalue weighted by molar-refractivity contribution is 5.76. The molecule has 5 heterocycles. The van der Waals surface area contributed by atoms with Gasteiger partial charge in [-0.15, -0.1) is 0 Å². The second-order valence-electron chi connectivity index (χ2n) is 11.1. The van der Waals surface area contributed by atoms with Crippen LogP contribution in [0.5, 0.6) is 0 Å². The molecule has 202 valence electrons. The van der Waals surface area contributed by atoms with Crippen molar-refractivity contribution >= 4 is 17.9 Å². The van der Waals surface area contributed by atoms with Gasteiger partial charge < -0.3 is 25.1 Å². The standard InChI is InChI=1S/C28H33F2N5O3/c1-17-14-31-25-21(17)13-20(15-32-25)19-11-18-4-8-34(26(36)33-9-5-28(29,30)6-10-33)16-23(18)22(12-19)24-3-2-7-35(24)27(37)38/h11-13,15,17,24H,2-10,14,16H2,1H3,(H,31,32)(H,37,38)/t17?,24-/m0/s1. The first kappa shape index (κ1) is 24.9. The number of aromatic nitrogens is 1. The van der Waals surface area contributed by atoms with Gasteiger partial charge in [-0.3, -0.25) is 0 Å². The lowest BCUT2D eigenvalue weighted by atomic mass is 9.86. The summed E-state index contributed by atoms with van der Waals surface area (Å²) in [6, 6.07) is 5.90. The highest BCUT2D eigenvalue weighted by Gasteiger charge is 2.38. The zero-order chi connectivity index (χ0) is 26.6. The molecule has 2 saturated heterocycles. The normalized spacial score (nSPS) is 24.1. The molecule has 4 aliphatic heterocycles. The van der Waals surface area contributed by atoms with Gasteiger partial charge in [-0.05, 0) is 59.2 Å². The molecule has 2 atom stereocenters. The number of nitrogens with zero attached hydrogens (tertiary/aromatic N) is 4. The largest absolute Gasteiger partial charge is 0.465 e. The van der Waals surface area contributed by atoms with E-state index in [1.807, 2.05) is 6.20 Å². The Balaban J connectivity index is 1.35. The Bertz CT molecular complexity index is 1280. The van der Waals surface area contributed by atoms with Crippen molar-refractivity contribution in [2.24, 2.45) is 0 Å². The number of piperidine rings is 1. The SMILES string of the molecule is CC1CNc2ncc(-c3cc4c(c([C@@H]5CCCN5C(=O)O)c3)CN(C(=O)N3CCC(F)(F)CC3)CC4)cc21. The molecule has 1 aromatic heterocycles. The maximum absolute atomic E-state index is 13.7. The average molecular weight is 526 g/mol. The molecule has 4 aliphatic rings. The second-order valence-corrected chi connectivity index (χ2v) is 11.1. The minimum Gasteiger partial charge on any atom is -0.465 e. The molecule has 1 unspecified atom stereocenters. The van der Waals surface area contributed by atoms with Crippen LogP contribution in [0.4, 0.5) is 24.2 Å². The van der Waals surface area contributed by atoms with Crippen molar-refractivity contribution in [3.05, 3.63) is 46.6 Å². The van der Waals surface area contributed by atoms with E-state index in [1.54, 1.807) is 4.90 Å². The fourth-order valence-electron chi connectivity index (χ4n) is 6.39. The summed E-state index contributed by atoms with van der Waals surface area (Å²) in [7, 11) is 0. The summed E-state index contributed by atoms with van der Waals surface area (Å²) in [5.74, 6) is -1.43. The van der Waals surface area contributed by atoms with Crippen LogP contribution in [0.25, 0.3) is 11.1 Å². The summed E-state index contributed by atoms with van der Waals surface area (Å²) in [6.45, 7) is 4.45. The first-order valence-corrected chi connectivity index (χ1v) is 13.5. The fraction of sp³-hybridized carbons (Fsp3) is 0.536. The Kier molecular flexibility index (Phi) is 6.15. The molecule has 0 spiro atoms. The first-order chi connectivity index (χ1) is 18.2. The number of benzene rings is 1. The van der Waals surface area contributed by atoms with Gasteiger partial charge in [0.1, 0.15) is 5.82 Å². The van der Waals surface area contributed by atoms with Crippen molar-refractivity contribution in [1.82, 2.24) is 19.7 Å². The Hall–Kier alpha value is -3.43. The third kappa shape index (κ3) is 4.43.